The summed E-state index contributed by atoms with van der Waals surface area (Å²) in [6, 6.07) is 24.1. The Balaban J connectivity index is 1.61. The summed E-state index contributed by atoms with van der Waals surface area (Å²) in [5.74, 6) is 0.829. The van der Waals surface area contributed by atoms with E-state index in [1.807, 2.05) is 54.6 Å². The van der Waals surface area contributed by atoms with E-state index in [0.29, 0.717) is 11.5 Å². The molecule has 1 heterocycles. The molecule has 4 aromatic rings. The Kier molecular flexibility index (Phi) is 5.01. The molecule has 1 atom stereocenters. The largest absolute Gasteiger partial charge is 0.497 e. The van der Waals surface area contributed by atoms with Crippen molar-refractivity contribution in [2.24, 2.45) is 0 Å². The van der Waals surface area contributed by atoms with Crippen molar-refractivity contribution in [3.05, 3.63) is 84.4 Å². The molecule has 0 N–H and O–H groups in total. The van der Waals surface area contributed by atoms with Crippen molar-refractivity contribution >= 4 is 17.0 Å². The molecule has 4 rings (SSSR count). The molecule has 0 unspecified atom stereocenters. The molecule has 6 heteroatoms. The number of rotatable bonds is 6. The van der Waals surface area contributed by atoms with Crippen LogP contribution >= 0.6 is 0 Å². The number of esters is 1. The Labute approximate surface area is 162 Å². The summed E-state index contributed by atoms with van der Waals surface area (Å²) >= 11 is 0. The zero-order valence-corrected chi connectivity index (χ0v) is 15.4. The van der Waals surface area contributed by atoms with Crippen molar-refractivity contribution in [1.29, 1.82) is 0 Å². The highest BCUT2D eigenvalue weighted by atomic mass is 16.5. The zero-order valence-electron chi connectivity index (χ0n) is 15.4. The fourth-order valence-electron chi connectivity index (χ4n) is 3.11. The lowest BCUT2D eigenvalue weighted by atomic mass is 10.0. The van der Waals surface area contributed by atoms with Gasteiger partial charge in [-0.3, -0.25) is 4.79 Å². The summed E-state index contributed by atoms with van der Waals surface area (Å²) in [4.78, 5) is 12.7. The van der Waals surface area contributed by atoms with Crippen molar-refractivity contribution in [2.45, 2.75) is 12.5 Å². The Bertz CT molecular complexity index is 1080. The minimum Gasteiger partial charge on any atom is -0.497 e. The lowest BCUT2D eigenvalue weighted by Crippen LogP contribution is -2.19. The van der Waals surface area contributed by atoms with Gasteiger partial charge in [-0.25, -0.2) is 4.68 Å². The first-order chi connectivity index (χ1) is 13.7. The molecule has 0 amide bonds. The third kappa shape index (κ3) is 3.71. The van der Waals surface area contributed by atoms with E-state index in [2.05, 4.69) is 10.3 Å². The highest BCUT2D eigenvalue weighted by Gasteiger charge is 2.22. The van der Waals surface area contributed by atoms with Crippen LogP contribution in [0.1, 0.15) is 18.0 Å². The van der Waals surface area contributed by atoms with Crippen LogP contribution in [0.4, 0.5) is 0 Å². The van der Waals surface area contributed by atoms with Gasteiger partial charge in [0.05, 0.1) is 25.1 Å². The SMILES string of the molecule is COc1ccc(OC(=O)C[C@H](c2ccccc2)n2nnc3ccccc32)cc1. The van der Waals surface area contributed by atoms with Crippen molar-refractivity contribution in [2.75, 3.05) is 7.11 Å². The maximum absolute atomic E-state index is 12.7. The van der Waals surface area contributed by atoms with E-state index in [1.165, 1.54) is 0 Å². The number of benzene rings is 3. The molecule has 0 saturated carbocycles. The van der Waals surface area contributed by atoms with Crippen LogP contribution in [-0.2, 0) is 4.79 Å². The van der Waals surface area contributed by atoms with E-state index >= 15 is 0 Å². The van der Waals surface area contributed by atoms with Gasteiger partial charge in [0.2, 0.25) is 0 Å². The van der Waals surface area contributed by atoms with Gasteiger partial charge in [-0.1, -0.05) is 47.7 Å². The number of carbonyl (C=O) groups excluding carboxylic acids is 1. The molecular weight excluding hydrogens is 354 g/mol. The topological polar surface area (TPSA) is 66.2 Å². The first kappa shape index (κ1) is 17.7. The van der Waals surface area contributed by atoms with Crippen LogP contribution in [-0.4, -0.2) is 28.1 Å². The quantitative estimate of drug-likeness (QED) is 0.377. The number of para-hydroxylation sites is 1. The molecule has 28 heavy (non-hydrogen) atoms. The van der Waals surface area contributed by atoms with Crippen LogP contribution in [0.2, 0.25) is 0 Å². The van der Waals surface area contributed by atoms with Gasteiger partial charge in [0, 0.05) is 0 Å². The number of ether oxygens (including phenoxy) is 2. The minimum absolute atomic E-state index is 0.128. The molecule has 6 nitrogen and oxygen atoms in total. The number of hydrogen-bond donors (Lipinski definition) is 0. The third-order valence-corrected chi connectivity index (χ3v) is 4.51. The second kappa shape index (κ2) is 7.92. The molecule has 0 aliphatic carbocycles. The predicted molar refractivity (Wildman–Crippen MR) is 105 cm³/mol. The molecule has 0 spiro atoms. The van der Waals surface area contributed by atoms with Gasteiger partial charge in [0.1, 0.15) is 17.0 Å². The van der Waals surface area contributed by atoms with Crippen LogP contribution in [0.15, 0.2) is 78.9 Å². The van der Waals surface area contributed by atoms with Gasteiger partial charge >= 0.3 is 5.97 Å². The molecule has 0 aliphatic rings. The number of aromatic nitrogens is 3. The number of hydrogen-bond acceptors (Lipinski definition) is 5. The lowest BCUT2D eigenvalue weighted by molar-refractivity contribution is -0.135. The Morgan fingerprint density at radius 1 is 0.929 bits per heavy atom. The Morgan fingerprint density at radius 3 is 2.36 bits per heavy atom. The molecule has 0 bridgehead atoms. The number of nitrogens with zero attached hydrogens (tertiary/aromatic N) is 3. The minimum atomic E-state index is -0.349. The fraction of sp³-hybridized carbons (Fsp3) is 0.136. The van der Waals surface area contributed by atoms with Crippen LogP contribution in [0.5, 0.6) is 11.5 Å². The summed E-state index contributed by atoms with van der Waals surface area (Å²) < 4.78 is 12.4. The van der Waals surface area contributed by atoms with Gasteiger partial charge in [-0.15, -0.1) is 5.10 Å². The summed E-state index contributed by atoms with van der Waals surface area (Å²) in [6.45, 7) is 0. The molecule has 0 saturated heterocycles. The zero-order chi connectivity index (χ0) is 19.3. The fourth-order valence-corrected chi connectivity index (χ4v) is 3.11. The highest BCUT2D eigenvalue weighted by molar-refractivity contribution is 5.76. The maximum Gasteiger partial charge on any atom is 0.313 e. The van der Waals surface area contributed by atoms with Gasteiger partial charge < -0.3 is 9.47 Å². The van der Waals surface area contributed by atoms with E-state index in [1.54, 1.807) is 36.1 Å². The summed E-state index contributed by atoms with van der Waals surface area (Å²) in [7, 11) is 1.59. The molecule has 0 aliphatic heterocycles. The van der Waals surface area contributed by atoms with Crippen LogP contribution in [0, 0.1) is 0 Å². The number of methoxy groups -OCH3 is 1. The predicted octanol–water partition coefficient (Wildman–Crippen LogP) is 4.03. The van der Waals surface area contributed by atoms with Gasteiger partial charge in [0.15, 0.2) is 0 Å². The average molecular weight is 373 g/mol. The summed E-state index contributed by atoms with van der Waals surface area (Å²) in [5, 5.41) is 8.52. The normalized spacial score (nSPS) is 11.9. The standard InChI is InChI=1S/C22H19N3O3/c1-27-17-11-13-18(14-12-17)28-22(26)15-21(16-7-3-2-4-8-16)25-20-10-6-5-9-19(20)23-24-25/h2-14,21H,15H2,1H3/t21-/m1/s1. The first-order valence-corrected chi connectivity index (χ1v) is 8.94. The van der Waals surface area contributed by atoms with Crippen molar-refractivity contribution in [3.8, 4) is 11.5 Å². The van der Waals surface area contributed by atoms with Crippen LogP contribution in [0.3, 0.4) is 0 Å². The number of fused-ring (bicyclic) bond motifs is 1. The molecule has 0 fully saturated rings. The van der Waals surface area contributed by atoms with E-state index < -0.39 is 0 Å². The smallest absolute Gasteiger partial charge is 0.313 e. The van der Waals surface area contributed by atoms with E-state index in [-0.39, 0.29) is 18.4 Å². The van der Waals surface area contributed by atoms with Gasteiger partial charge in [-0.05, 0) is 42.0 Å². The van der Waals surface area contributed by atoms with E-state index in [0.717, 1.165) is 16.6 Å². The van der Waals surface area contributed by atoms with Crippen LogP contribution in [0.25, 0.3) is 11.0 Å². The molecule has 140 valence electrons. The molecule has 1 aromatic heterocycles. The molecule has 0 radical (unpaired) electrons. The second-order valence-electron chi connectivity index (χ2n) is 6.30. The first-order valence-electron chi connectivity index (χ1n) is 8.94. The average Bonchev–Trinajstić information content (AvgIpc) is 3.17. The third-order valence-electron chi connectivity index (χ3n) is 4.51. The van der Waals surface area contributed by atoms with Gasteiger partial charge in [-0.2, -0.15) is 0 Å². The molecule has 3 aromatic carbocycles. The van der Waals surface area contributed by atoms with E-state index in [9.17, 15) is 4.79 Å². The molecular formula is C22H19N3O3. The Hall–Kier alpha value is -3.67. The maximum atomic E-state index is 12.7. The monoisotopic (exact) mass is 373 g/mol. The summed E-state index contributed by atoms with van der Waals surface area (Å²) in [6.07, 6.45) is 0.128. The highest BCUT2D eigenvalue weighted by Crippen LogP contribution is 2.26. The second-order valence-corrected chi connectivity index (χ2v) is 6.30. The number of carbonyl (C=O) groups is 1. The van der Waals surface area contributed by atoms with Crippen molar-refractivity contribution < 1.29 is 14.3 Å². The van der Waals surface area contributed by atoms with E-state index in [4.69, 9.17) is 9.47 Å². The van der Waals surface area contributed by atoms with Crippen LogP contribution < -0.4 is 9.47 Å². The Morgan fingerprint density at radius 2 is 1.61 bits per heavy atom. The van der Waals surface area contributed by atoms with Crippen molar-refractivity contribution in [1.82, 2.24) is 15.0 Å². The summed E-state index contributed by atoms with van der Waals surface area (Å²) in [5.41, 5.74) is 2.62. The van der Waals surface area contributed by atoms with Crippen molar-refractivity contribution in [3.63, 3.8) is 0 Å². The lowest BCUT2D eigenvalue weighted by Gasteiger charge is -2.18. The van der Waals surface area contributed by atoms with Gasteiger partial charge in [0.25, 0.3) is 0 Å².